The van der Waals surface area contributed by atoms with Crippen LogP contribution in [0.3, 0.4) is 0 Å². The zero-order valence-electron chi connectivity index (χ0n) is 11.7. The van der Waals surface area contributed by atoms with Crippen LogP contribution in [0.5, 0.6) is 0 Å². The fourth-order valence-electron chi connectivity index (χ4n) is 2.84. The molecule has 0 aromatic heterocycles. The molecule has 0 aliphatic carbocycles. The molecule has 1 aliphatic rings. The molecule has 100 valence electrons. The average Bonchev–Trinajstić information content (AvgIpc) is 2.31. The van der Waals surface area contributed by atoms with Crippen LogP contribution in [0.25, 0.3) is 0 Å². The summed E-state index contributed by atoms with van der Waals surface area (Å²) < 4.78 is 4.96. The third kappa shape index (κ3) is 3.98. The summed E-state index contributed by atoms with van der Waals surface area (Å²) in [5.74, 6) is 0.727. The Balaban J connectivity index is 2.64. The molecule has 1 fully saturated rings. The number of carbonyl (C=O) groups excluding carboxylic acids is 1. The molecule has 0 spiro atoms. The topological polar surface area (TPSA) is 29.5 Å². The molecular formula is C14H27NO2. The van der Waals surface area contributed by atoms with Gasteiger partial charge in [-0.05, 0) is 38.6 Å². The number of piperidine rings is 1. The van der Waals surface area contributed by atoms with E-state index < -0.39 is 0 Å². The van der Waals surface area contributed by atoms with Gasteiger partial charge in [0.2, 0.25) is 0 Å². The molecule has 0 saturated carbocycles. The van der Waals surface area contributed by atoms with Crippen LogP contribution >= 0.6 is 0 Å². The van der Waals surface area contributed by atoms with Gasteiger partial charge in [0.25, 0.3) is 0 Å². The molecule has 0 N–H and O–H groups in total. The first kappa shape index (κ1) is 14.5. The molecular weight excluding hydrogens is 214 g/mol. The van der Waals surface area contributed by atoms with Crippen molar-refractivity contribution in [2.75, 3.05) is 13.7 Å². The van der Waals surface area contributed by atoms with E-state index in [1.807, 2.05) is 0 Å². The number of hydrogen-bond acceptors (Lipinski definition) is 3. The number of esters is 1. The average molecular weight is 241 g/mol. The van der Waals surface area contributed by atoms with Crippen LogP contribution in [-0.2, 0) is 9.53 Å². The lowest BCUT2D eigenvalue weighted by Crippen LogP contribution is -2.50. The zero-order valence-corrected chi connectivity index (χ0v) is 11.7. The number of methoxy groups -OCH3 is 1. The second-order valence-electron chi connectivity index (χ2n) is 5.40. The normalized spacial score (nSPS) is 27.8. The van der Waals surface area contributed by atoms with Crippen molar-refractivity contribution in [1.82, 2.24) is 4.90 Å². The lowest BCUT2D eigenvalue weighted by molar-refractivity contribution is -0.149. The molecule has 3 heteroatoms. The molecule has 3 nitrogen and oxygen atoms in total. The molecule has 0 aromatic carbocycles. The van der Waals surface area contributed by atoms with Crippen molar-refractivity contribution < 1.29 is 9.53 Å². The maximum atomic E-state index is 11.9. The predicted octanol–water partition coefficient (Wildman–Crippen LogP) is 2.84. The Labute approximate surface area is 106 Å². The van der Waals surface area contributed by atoms with Crippen molar-refractivity contribution in [3.63, 3.8) is 0 Å². The Bertz CT molecular complexity index is 242. The van der Waals surface area contributed by atoms with E-state index in [9.17, 15) is 4.79 Å². The smallest absolute Gasteiger partial charge is 0.323 e. The fraction of sp³-hybridized carbons (Fsp3) is 0.929. The summed E-state index contributed by atoms with van der Waals surface area (Å²) in [6, 6.07) is 0.474. The van der Waals surface area contributed by atoms with Gasteiger partial charge < -0.3 is 4.74 Å². The van der Waals surface area contributed by atoms with E-state index in [0.717, 1.165) is 31.7 Å². The van der Waals surface area contributed by atoms with Gasteiger partial charge in [0.1, 0.15) is 6.04 Å². The maximum absolute atomic E-state index is 11.9. The van der Waals surface area contributed by atoms with Gasteiger partial charge in [0.15, 0.2) is 0 Å². The van der Waals surface area contributed by atoms with Crippen LogP contribution in [0.2, 0.25) is 0 Å². The minimum Gasteiger partial charge on any atom is -0.468 e. The fourth-order valence-corrected chi connectivity index (χ4v) is 2.84. The molecule has 3 unspecified atom stereocenters. The van der Waals surface area contributed by atoms with E-state index in [2.05, 4.69) is 25.7 Å². The molecule has 17 heavy (non-hydrogen) atoms. The van der Waals surface area contributed by atoms with Crippen molar-refractivity contribution in [2.24, 2.45) is 5.92 Å². The summed E-state index contributed by atoms with van der Waals surface area (Å²) in [4.78, 5) is 14.2. The zero-order chi connectivity index (χ0) is 12.8. The van der Waals surface area contributed by atoms with Crippen molar-refractivity contribution in [2.45, 2.75) is 65.0 Å². The van der Waals surface area contributed by atoms with Crippen LogP contribution in [0, 0.1) is 5.92 Å². The van der Waals surface area contributed by atoms with Gasteiger partial charge in [-0.3, -0.25) is 9.69 Å². The Kier molecular flexibility index (Phi) is 5.96. The van der Waals surface area contributed by atoms with Crippen LogP contribution in [0.15, 0.2) is 0 Å². The Morgan fingerprint density at radius 2 is 2.18 bits per heavy atom. The number of unbranched alkanes of at least 4 members (excludes halogenated alkanes) is 1. The highest BCUT2D eigenvalue weighted by atomic mass is 16.5. The number of hydrogen-bond donors (Lipinski definition) is 0. The van der Waals surface area contributed by atoms with Gasteiger partial charge in [0, 0.05) is 6.04 Å². The summed E-state index contributed by atoms with van der Waals surface area (Å²) in [6.45, 7) is 7.73. The third-order valence-electron chi connectivity index (χ3n) is 3.89. The monoisotopic (exact) mass is 241 g/mol. The Morgan fingerprint density at radius 1 is 1.47 bits per heavy atom. The highest BCUT2D eigenvalue weighted by molar-refractivity contribution is 5.75. The van der Waals surface area contributed by atoms with Crippen molar-refractivity contribution in [3.8, 4) is 0 Å². The minimum absolute atomic E-state index is 0.0255. The summed E-state index contributed by atoms with van der Waals surface area (Å²) >= 11 is 0. The number of nitrogens with zero attached hydrogens (tertiary/aromatic N) is 1. The lowest BCUT2D eigenvalue weighted by atomic mass is 9.91. The van der Waals surface area contributed by atoms with E-state index in [1.165, 1.54) is 20.0 Å². The van der Waals surface area contributed by atoms with Crippen molar-refractivity contribution >= 4 is 5.97 Å². The quantitative estimate of drug-likeness (QED) is 0.693. The molecule has 1 rings (SSSR count). The summed E-state index contributed by atoms with van der Waals surface area (Å²) in [5, 5.41) is 0. The molecule has 1 saturated heterocycles. The second-order valence-corrected chi connectivity index (χ2v) is 5.40. The van der Waals surface area contributed by atoms with E-state index in [4.69, 9.17) is 4.74 Å². The molecule has 0 bridgehead atoms. The number of carbonyl (C=O) groups is 1. The van der Waals surface area contributed by atoms with Crippen LogP contribution in [0.1, 0.15) is 52.9 Å². The van der Waals surface area contributed by atoms with Crippen molar-refractivity contribution in [1.29, 1.82) is 0 Å². The predicted molar refractivity (Wildman–Crippen MR) is 69.9 cm³/mol. The van der Waals surface area contributed by atoms with Crippen LogP contribution in [0.4, 0.5) is 0 Å². The number of ether oxygens (including phenoxy) is 1. The second kappa shape index (κ2) is 7.00. The molecule has 0 amide bonds. The minimum atomic E-state index is -0.0557. The third-order valence-corrected chi connectivity index (χ3v) is 3.89. The SMILES string of the molecule is CCCCC(C(=O)OC)N1CCC(C)CC1C. The van der Waals surface area contributed by atoms with E-state index in [0.29, 0.717) is 6.04 Å². The molecule has 1 heterocycles. The van der Waals surface area contributed by atoms with Gasteiger partial charge in [0.05, 0.1) is 7.11 Å². The Morgan fingerprint density at radius 3 is 2.71 bits per heavy atom. The van der Waals surface area contributed by atoms with Gasteiger partial charge in [-0.25, -0.2) is 0 Å². The highest BCUT2D eigenvalue weighted by Gasteiger charge is 2.33. The first-order chi connectivity index (χ1) is 8.10. The maximum Gasteiger partial charge on any atom is 0.323 e. The standard InChI is InChI=1S/C14H27NO2/c1-5-6-7-13(14(16)17-4)15-9-8-11(2)10-12(15)3/h11-13H,5-10H2,1-4H3. The summed E-state index contributed by atoms with van der Waals surface area (Å²) in [5.41, 5.74) is 0. The van der Waals surface area contributed by atoms with Crippen LogP contribution in [-0.4, -0.2) is 36.6 Å². The highest BCUT2D eigenvalue weighted by Crippen LogP contribution is 2.26. The van der Waals surface area contributed by atoms with Gasteiger partial charge in [-0.2, -0.15) is 0 Å². The molecule has 0 radical (unpaired) electrons. The van der Waals surface area contributed by atoms with Gasteiger partial charge >= 0.3 is 5.97 Å². The molecule has 1 aliphatic heterocycles. The summed E-state index contributed by atoms with van der Waals surface area (Å²) in [7, 11) is 1.50. The first-order valence-corrected chi connectivity index (χ1v) is 6.93. The molecule has 3 atom stereocenters. The van der Waals surface area contributed by atoms with E-state index >= 15 is 0 Å². The first-order valence-electron chi connectivity index (χ1n) is 6.93. The van der Waals surface area contributed by atoms with Gasteiger partial charge in [-0.15, -0.1) is 0 Å². The number of rotatable bonds is 5. The largest absolute Gasteiger partial charge is 0.468 e. The van der Waals surface area contributed by atoms with E-state index in [1.54, 1.807) is 0 Å². The van der Waals surface area contributed by atoms with Crippen LogP contribution < -0.4 is 0 Å². The van der Waals surface area contributed by atoms with Gasteiger partial charge in [-0.1, -0.05) is 26.7 Å². The summed E-state index contributed by atoms with van der Waals surface area (Å²) in [6.07, 6.45) is 5.55. The Hall–Kier alpha value is -0.570. The lowest BCUT2D eigenvalue weighted by Gasteiger charge is -2.40. The van der Waals surface area contributed by atoms with Crippen molar-refractivity contribution in [3.05, 3.63) is 0 Å². The van der Waals surface area contributed by atoms with E-state index in [-0.39, 0.29) is 12.0 Å². The molecule has 0 aromatic rings. The number of likely N-dealkylation sites (tertiary alicyclic amines) is 1.